The largest absolute Gasteiger partial charge is 0.496 e. The molecule has 4 rings (SSSR count). The van der Waals surface area contributed by atoms with E-state index in [2.05, 4.69) is 11.9 Å². The number of nitrogens with zero attached hydrogens (tertiary/aromatic N) is 4. The molecule has 0 aliphatic carbocycles. The first-order chi connectivity index (χ1) is 14.9. The van der Waals surface area contributed by atoms with E-state index in [1.807, 2.05) is 72.4 Å². The number of methoxy groups -OCH3 is 1. The second-order valence-electron chi connectivity index (χ2n) is 8.07. The number of benzene rings is 2. The van der Waals surface area contributed by atoms with E-state index in [4.69, 9.17) is 4.74 Å². The fourth-order valence-corrected chi connectivity index (χ4v) is 4.07. The van der Waals surface area contributed by atoms with Crippen molar-refractivity contribution in [2.24, 2.45) is 0 Å². The number of carbonyl (C=O) groups is 2. The molecule has 2 aromatic rings. The van der Waals surface area contributed by atoms with Crippen LogP contribution in [-0.4, -0.2) is 76.0 Å². The van der Waals surface area contributed by atoms with Crippen LogP contribution in [0.2, 0.25) is 0 Å². The number of anilines is 2. The van der Waals surface area contributed by atoms with E-state index >= 15 is 0 Å². The monoisotopic (exact) mass is 420 g/mol. The number of ether oxygens (including phenoxy) is 1. The molecule has 0 spiro atoms. The molecule has 2 aromatic carbocycles. The second kappa shape index (κ2) is 8.43. The molecule has 0 atom stereocenters. The van der Waals surface area contributed by atoms with Crippen molar-refractivity contribution in [1.29, 1.82) is 0 Å². The van der Waals surface area contributed by atoms with Crippen LogP contribution in [-0.2, 0) is 9.59 Å². The normalized spacial score (nSPS) is 17.5. The SMILES string of the molecule is COc1ccccc1C1=C(N2CCN(C)CC2)C(=O)N(c2ccc(N(C)C)cc2)C1=O. The van der Waals surface area contributed by atoms with Gasteiger partial charge in [0.15, 0.2) is 0 Å². The Hall–Kier alpha value is -3.32. The zero-order valence-corrected chi connectivity index (χ0v) is 18.5. The van der Waals surface area contributed by atoms with Crippen molar-refractivity contribution in [2.45, 2.75) is 0 Å². The minimum absolute atomic E-state index is 0.284. The van der Waals surface area contributed by atoms with Gasteiger partial charge < -0.3 is 19.4 Å². The summed E-state index contributed by atoms with van der Waals surface area (Å²) >= 11 is 0. The number of likely N-dealkylation sites (N-methyl/N-ethyl adjacent to an activating group) is 1. The number of rotatable bonds is 5. The molecule has 162 valence electrons. The Bertz CT molecular complexity index is 1020. The van der Waals surface area contributed by atoms with Gasteiger partial charge >= 0.3 is 0 Å². The van der Waals surface area contributed by atoms with E-state index in [0.717, 1.165) is 18.8 Å². The van der Waals surface area contributed by atoms with Crippen LogP contribution >= 0.6 is 0 Å². The molecule has 2 heterocycles. The number of amides is 2. The first kappa shape index (κ1) is 20.9. The Labute approximate surface area is 183 Å². The molecule has 0 bridgehead atoms. The van der Waals surface area contributed by atoms with Gasteiger partial charge in [-0.05, 0) is 37.4 Å². The average Bonchev–Trinajstić information content (AvgIpc) is 3.04. The number of hydrogen-bond donors (Lipinski definition) is 0. The van der Waals surface area contributed by atoms with E-state index in [-0.39, 0.29) is 11.8 Å². The number of carbonyl (C=O) groups excluding carboxylic acids is 2. The molecule has 0 unspecified atom stereocenters. The number of imide groups is 1. The van der Waals surface area contributed by atoms with Crippen molar-refractivity contribution < 1.29 is 14.3 Å². The van der Waals surface area contributed by atoms with Crippen LogP contribution < -0.4 is 14.5 Å². The summed E-state index contributed by atoms with van der Waals surface area (Å²) in [6, 6.07) is 14.8. The summed E-state index contributed by atoms with van der Waals surface area (Å²) in [5.41, 5.74) is 3.07. The van der Waals surface area contributed by atoms with Gasteiger partial charge in [-0.15, -0.1) is 0 Å². The minimum Gasteiger partial charge on any atom is -0.496 e. The third-order valence-electron chi connectivity index (χ3n) is 5.88. The lowest BCUT2D eigenvalue weighted by Gasteiger charge is -2.34. The maximum absolute atomic E-state index is 13.7. The van der Waals surface area contributed by atoms with Gasteiger partial charge in [-0.2, -0.15) is 0 Å². The number of piperazine rings is 1. The summed E-state index contributed by atoms with van der Waals surface area (Å²) in [5, 5.41) is 0. The molecule has 2 aliphatic heterocycles. The van der Waals surface area contributed by atoms with Gasteiger partial charge in [-0.25, -0.2) is 4.90 Å². The number of hydrogen-bond acceptors (Lipinski definition) is 6. The van der Waals surface area contributed by atoms with Crippen LogP contribution in [0.1, 0.15) is 5.56 Å². The van der Waals surface area contributed by atoms with Crippen molar-refractivity contribution in [3.8, 4) is 5.75 Å². The summed E-state index contributed by atoms with van der Waals surface area (Å²) < 4.78 is 5.53. The molecular weight excluding hydrogens is 392 g/mol. The summed E-state index contributed by atoms with van der Waals surface area (Å²) in [6.45, 7) is 3.05. The third-order valence-corrected chi connectivity index (χ3v) is 5.88. The van der Waals surface area contributed by atoms with E-state index in [0.29, 0.717) is 41.4 Å². The molecule has 1 fully saturated rings. The Morgan fingerprint density at radius 2 is 1.52 bits per heavy atom. The standard InChI is InChI=1S/C24H28N4O3/c1-25(2)17-9-11-18(12-10-17)28-23(29)21(19-7-5-6-8-20(19)31-4)22(24(28)30)27-15-13-26(3)14-16-27/h5-12H,13-16H2,1-4H3. The maximum Gasteiger partial charge on any atom is 0.282 e. The number of para-hydroxylation sites is 1. The fourth-order valence-electron chi connectivity index (χ4n) is 4.07. The topological polar surface area (TPSA) is 56.3 Å². The summed E-state index contributed by atoms with van der Waals surface area (Å²) in [7, 11) is 7.54. The molecule has 7 nitrogen and oxygen atoms in total. The third kappa shape index (κ3) is 3.77. The summed E-state index contributed by atoms with van der Waals surface area (Å²) in [6.07, 6.45) is 0. The molecule has 1 saturated heterocycles. The van der Waals surface area contributed by atoms with Gasteiger partial charge in [0.1, 0.15) is 11.4 Å². The highest BCUT2D eigenvalue weighted by molar-refractivity contribution is 6.45. The Morgan fingerprint density at radius 1 is 0.871 bits per heavy atom. The van der Waals surface area contributed by atoms with E-state index < -0.39 is 0 Å². The van der Waals surface area contributed by atoms with Gasteiger partial charge in [-0.3, -0.25) is 9.59 Å². The predicted molar refractivity (Wildman–Crippen MR) is 122 cm³/mol. The Morgan fingerprint density at radius 3 is 2.13 bits per heavy atom. The van der Waals surface area contributed by atoms with Crippen molar-refractivity contribution in [3.63, 3.8) is 0 Å². The van der Waals surface area contributed by atoms with Crippen LogP contribution in [0.5, 0.6) is 5.75 Å². The molecule has 0 radical (unpaired) electrons. The quantitative estimate of drug-likeness (QED) is 0.692. The molecule has 2 aliphatic rings. The van der Waals surface area contributed by atoms with Gasteiger partial charge in [0, 0.05) is 51.5 Å². The maximum atomic E-state index is 13.7. The highest BCUT2D eigenvalue weighted by Crippen LogP contribution is 2.38. The van der Waals surface area contributed by atoms with Gasteiger partial charge in [0.2, 0.25) is 0 Å². The first-order valence-electron chi connectivity index (χ1n) is 10.4. The lowest BCUT2D eigenvalue weighted by atomic mass is 10.0. The van der Waals surface area contributed by atoms with Crippen LogP contribution in [0, 0.1) is 0 Å². The summed E-state index contributed by atoms with van der Waals surface area (Å²) in [4.78, 5) is 34.8. The Balaban J connectivity index is 1.80. The van der Waals surface area contributed by atoms with Crippen molar-refractivity contribution in [2.75, 3.05) is 64.2 Å². The second-order valence-corrected chi connectivity index (χ2v) is 8.07. The van der Waals surface area contributed by atoms with Crippen LogP contribution in [0.4, 0.5) is 11.4 Å². The summed E-state index contributed by atoms with van der Waals surface area (Å²) in [5.74, 6) is -0.0239. The fraction of sp³-hybridized carbons (Fsp3) is 0.333. The Kier molecular flexibility index (Phi) is 5.69. The molecule has 7 heteroatoms. The molecule has 31 heavy (non-hydrogen) atoms. The molecule has 2 amide bonds. The molecule has 0 N–H and O–H groups in total. The highest BCUT2D eigenvalue weighted by Gasteiger charge is 2.43. The van der Waals surface area contributed by atoms with Crippen LogP contribution in [0.25, 0.3) is 5.57 Å². The van der Waals surface area contributed by atoms with Gasteiger partial charge in [0.25, 0.3) is 11.8 Å². The molecule has 0 aromatic heterocycles. The van der Waals surface area contributed by atoms with Crippen molar-refractivity contribution in [1.82, 2.24) is 9.80 Å². The predicted octanol–water partition coefficient (Wildman–Crippen LogP) is 2.29. The highest BCUT2D eigenvalue weighted by atomic mass is 16.5. The zero-order valence-electron chi connectivity index (χ0n) is 18.5. The average molecular weight is 421 g/mol. The minimum atomic E-state index is -0.318. The lowest BCUT2D eigenvalue weighted by molar-refractivity contribution is -0.120. The smallest absolute Gasteiger partial charge is 0.282 e. The van der Waals surface area contributed by atoms with Gasteiger partial charge in [-0.1, -0.05) is 18.2 Å². The lowest BCUT2D eigenvalue weighted by Crippen LogP contribution is -2.46. The zero-order chi connectivity index (χ0) is 22.1. The first-order valence-corrected chi connectivity index (χ1v) is 10.4. The van der Waals surface area contributed by atoms with E-state index in [9.17, 15) is 9.59 Å². The van der Waals surface area contributed by atoms with Crippen LogP contribution in [0.3, 0.4) is 0 Å². The van der Waals surface area contributed by atoms with E-state index in [1.54, 1.807) is 7.11 Å². The molecular formula is C24H28N4O3. The van der Waals surface area contributed by atoms with Crippen molar-refractivity contribution in [3.05, 3.63) is 59.8 Å². The van der Waals surface area contributed by atoms with Gasteiger partial charge in [0.05, 0.1) is 18.4 Å². The van der Waals surface area contributed by atoms with Crippen molar-refractivity contribution >= 4 is 28.8 Å². The molecule has 0 saturated carbocycles. The van der Waals surface area contributed by atoms with E-state index in [1.165, 1.54) is 4.90 Å². The van der Waals surface area contributed by atoms with Crippen LogP contribution in [0.15, 0.2) is 54.2 Å².